The summed E-state index contributed by atoms with van der Waals surface area (Å²) < 4.78 is 38.9. The van der Waals surface area contributed by atoms with Crippen LogP contribution >= 0.6 is 0 Å². The fraction of sp³-hybridized carbons (Fsp3) is 0.250. The van der Waals surface area contributed by atoms with E-state index >= 15 is 0 Å². The number of benzene rings is 3. The molecule has 1 unspecified atom stereocenters. The highest BCUT2D eigenvalue weighted by molar-refractivity contribution is 7.90. The van der Waals surface area contributed by atoms with Crippen molar-refractivity contribution in [3.05, 3.63) is 66.2 Å². The largest absolute Gasteiger partial charge is 0.454 e. The zero-order valence-electron chi connectivity index (χ0n) is 17.3. The first-order valence-electron chi connectivity index (χ1n) is 10.3. The second-order valence-electron chi connectivity index (χ2n) is 7.55. The van der Waals surface area contributed by atoms with Gasteiger partial charge in [-0.25, -0.2) is 13.1 Å². The van der Waals surface area contributed by atoms with Crippen LogP contribution in [-0.2, 0) is 14.8 Å². The first kappa shape index (κ1) is 21.7. The molecule has 0 aliphatic carbocycles. The predicted molar refractivity (Wildman–Crippen MR) is 119 cm³/mol. The van der Waals surface area contributed by atoms with E-state index < -0.39 is 21.8 Å². The lowest BCUT2D eigenvalue weighted by atomic mass is 9.92. The minimum atomic E-state index is -4.06. The summed E-state index contributed by atoms with van der Waals surface area (Å²) in [6.07, 6.45) is 2.02. The Morgan fingerprint density at radius 1 is 1.00 bits per heavy atom. The third kappa shape index (κ3) is 4.68. The number of nitrogens with one attached hydrogen (secondary N) is 1. The second kappa shape index (κ2) is 9.28. The number of nitriles is 1. The molecule has 0 radical (unpaired) electrons. The van der Waals surface area contributed by atoms with Gasteiger partial charge in [0.2, 0.25) is 12.7 Å². The number of hydrogen-bond donors (Lipinski definition) is 1. The minimum absolute atomic E-state index is 0.0264. The zero-order valence-corrected chi connectivity index (χ0v) is 18.1. The van der Waals surface area contributed by atoms with Crippen LogP contribution in [0.2, 0.25) is 0 Å². The maximum absolute atomic E-state index is 13.1. The number of hydrogen-bond acceptors (Lipinski definition) is 6. The van der Waals surface area contributed by atoms with E-state index in [-0.39, 0.29) is 11.7 Å². The van der Waals surface area contributed by atoms with Crippen molar-refractivity contribution in [2.75, 3.05) is 6.79 Å². The molecule has 0 saturated carbocycles. The Morgan fingerprint density at radius 3 is 2.59 bits per heavy atom. The van der Waals surface area contributed by atoms with E-state index in [1.165, 1.54) is 6.07 Å². The third-order valence-corrected chi connectivity index (χ3v) is 6.76. The maximum Gasteiger partial charge on any atom is 0.264 e. The zero-order chi connectivity index (χ0) is 22.6. The maximum atomic E-state index is 13.1. The van der Waals surface area contributed by atoms with Crippen molar-refractivity contribution in [2.24, 2.45) is 0 Å². The van der Waals surface area contributed by atoms with Crippen molar-refractivity contribution in [3.63, 3.8) is 0 Å². The molecule has 8 heteroatoms. The summed E-state index contributed by atoms with van der Waals surface area (Å²) in [7, 11) is -4.06. The molecule has 1 atom stereocenters. The van der Waals surface area contributed by atoms with Gasteiger partial charge in [0.15, 0.2) is 11.5 Å². The van der Waals surface area contributed by atoms with E-state index in [9.17, 15) is 13.2 Å². The number of nitrogens with zero attached hydrogens (tertiary/aromatic N) is 1. The van der Waals surface area contributed by atoms with Gasteiger partial charge in [-0.3, -0.25) is 4.79 Å². The summed E-state index contributed by atoms with van der Waals surface area (Å²) in [6.45, 7) is 0.105. The summed E-state index contributed by atoms with van der Waals surface area (Å²) in [5.41, 5.74) is 0.636. The monoisotopic (exact) mass is 450 g/mol. The molecule has 3 aromatic carbocycles. The van der Waals surface area contributed by atoms with Crippen LogP contribution in [0.5, 0.6) is 11.5 Å². The molecule has 7 nitrogen and oxygen atoms in total. The molecular formula is C24H22N2O5S. The standard InChI is InChI=1S/C24H22N2O5S/c25-13-5-1-2-8-21(19-10-12-22-23(15-19)31-16-30-22)24(27)26-32(28,29)20-11-9-17-6-3-4-7-18(17)14-20/h3-4,6-7,9-12,14-15,21H,1-2,5,8,16H2,(H,26,27). The minimum Gasteiger partial charge on any atom is -0.454 e. The molecule has 1 aliphatic rings. The first-order chi connectivity index (χ1) is 15.5. The Kier molecular flexibility index (Phi) is 6.28. The molecule has 164 valence electrons. The lowest BCUT2D eigenvalue weighted by Gasteiger charge is -2.18. The molecule has 0 saturated heterocycles. The summed E-state index contributed by atoms with van der Waals surface area (Å²) in [5, 5.41) is 10.5. The van der Waals surface area contributed by atoms with Crippen LogP contribution in [0, 0.1) is 11.3 Å². The SMILES string of the molecule is N#CCCCCC(C(=O)NS(=O)(=O)c1ccc2ccccc2c1)c1ccc2c(c1)OCO2. The Bertz CT molecular complexity index is 1300. The van der Waals surface area contributed by atoms with Gasteiger partial charge in [0.25, 0.3) is 10.0 Å². The van der Waals surface area contributed by atoms with Gasteiger partial charge in [-0.05, 0) is 53.4 Å². The first-order valence-corrected chi connectivity index (χ1v) is 11.8. The van der Waals surface area contributed by atoms with Crippen molar-refractivity contribution in [3.8, 4) is 17.6 Å². The highest BCUT2D eigenvalue weighted by Crippen LogP contribution is 2.36. The Balaban J connectivity index is 1.58. The number of amides is 1. The van der Waals surface area contributed by atoms with E-state index in [4.69, 9.17) is 14.7 Å². The van der Waals surface area contributed by atoms with Crippen LogP contribution < -0.4 is 14.2 Å². The van der Waals surface area contributed by atoms with Crippen molar-refractivity contribution < 1.29 is 22.7 Å². The van der Waals surface area contributed by atoms with Crippen molar-refractivity contribution >= 4 is 26.7 Å². The molecule has 1 N–H and O–H groups in total. The summed E-state index contributed by atoms with van der Waals surface area (Å²) in [4.78, 5) is 13.2. The van der Waals surface area contributed by atoms with Gasteiger partial charge in [0.1, 0.15) is 0 Å². The highest BCUT2D eigenvalue weighted by Gasteiger charge is 2.27. The van der Waals surface area contributed by atoms with Crippen molar-refractivity contribution in [2.45, 2.75) is 36.5 Å². The molecule has 1 aliphatic heterocycles. The Hall–Kier alpha value is -3.57. The highest BCUT2D eigenvalue weighted by atomic mass is 32.2. The van der Waals surface area contributed by atoms with Crippen LogP contribution in [0.15, 0.2) is 65.6 Å². The van der Waals surface area contributed by atoms with Gasteiger partial charge in [0.05, 0.1) is 16.9 Å². The number of carbonyl (C=O) groups is 1. The van der Waals surface area contributed by atoms with Crippen molar-refractivity contribution in [1.29, 1.82) is 5.26 Å². The molecule has 1 amide bonds. The van der Waals surface area contributed by atoms with E-state index in [1.54, 1.807) is 30.3 Å². The molecular weight excluding hydrogens is 428 g/mol. The number of fused-ring (bicyclic) bond motifs is 2. The molecule has 0 aromatic heterocycles. The van der Waals surface area contributed by atoms with Crippen LogP contribution in [-0.4, -0.2) is 21.1 Å². The Labute approximate surface area is 186 Å². The second-order valence-corrected chi connectivity index (χ2v) is 9.23. The summed E-state index contributed by atoms with van der Waals surface area (Å²) in [5.74, 6) is -0.219. The molecule has 0 spiro atoms. The van der Waals surface area contributed by atoms with Crippen molar-refractivity contribution in [1.82, 2.24) is 4.72 Å². The van der Waals surface area contributed by atoms with E-state index in [0.29, 0.717) is 42.7 Å². The summed E-state index contributed by atoms with van der Waals surface area (Å²) >= 11 is 0. The van der Waals surface area contributed by atoms with Gasteiger partial charge >= 0.3 is 0 Å². The summed E-state index contributed by atoms with van der Waals surface area (Å²) in [6, 6.07) is 19.4. The van der Waals surface area contributed by atoms with Crippen LogP contribution in [0.4, 0.5) is 0 Å². The van der Waals surface area contributed by atoms with Gasteiger partial charge in [-0.15, -0.1) is 0 Å². The number of unbranched alkanes of at least 4 members (excludes halogenated alkanes) is 2. The molecule has 3 aromatic rings. The molecule has 0 bridgehead atoms. The van der Waals surface area contributed by atoms with Gasteiger partial charge in [-0.2, -0.15) is 5.26 Å². The van der Waals surface area contributed by atoms with Crippen LogP contribution in [0.3, 0.4) is 0 Å². The van der Waals surface area contributed by atoms with Gasteiger partial charge in [0, 0.05) is 6.42 Å². The molecule has 1 heterocycles. The van der Waals surface area contributed by atoms with Crippen LogP contribution in [0.25, 0.3) is 10.8 Å². The number of ether oxygens (including phenoxy) is 2. The smallest absolute Gasteiger partial charge is 0.264 e. The van der Waals surface area contributed by atoms with Crippen LogP contribution in [0.1, 0.15) is 37.2 Å². The quantitative estimate of drug-likeness (QED) is 0.515. The topological polar surface area (TPSA) is 105 Å². The molecule has 4 rings (SSSR count). The normalized spacial score (nSPS) is 13.5. The third-order valence-electron chi connectivity index (χ3n) is 5.41. The fourth-order valence-corrected chi connectivity index (χ4v) is 4.78. The van der Waals surface area contributed by atoms with E-state index in [0.717, 1.165) is 10.8 Å². The van der Waals surface area contributed by atoms with E-state index in [2.05, 4.69) is 10.8 Å². The average Bonchev–Trinajstić information content (AvgIpc) is 3.26. The van der Waals surface area contributed by atoms with Gasteiger partial charge in [-0.1, -0.05) is 42.8 Å². The Morgan fingerprint density at radius 2 is 1.78 bits per heavy atom. The lowest BCUT2D eigenvalue weighted by Crippen LogP contribution is -2.34. The average molecular weight is 451 g/mol. The molecule has 0 fully saturated rings. The predicted octanol–water partition coefficient (Wildman–Crippen LogP) is 4.24. The number of carbonyl (C=O) groups excluding carboxylic acids is 1. The molecule has 32 heavy (non-hydrogen) atoms. The number of rotatable bonds is 8. The van der Waals surface area contributed by atoms with E-state index in [1.807, 2.05) is 24.3 Å². The lowest BCUT2D eigenvalue weighted by molar-refractivity contribution is -0.121. The van der Waals surface area contributed by atoms with Gasteiger partial charge < -0.3 is 9.47 Å². The number of sulfonamides is 1. The fourth-order valence-electron chi connectivity index (χ4n) is 3.73.